The first-order valence-corrected chi connectivity index (χ1v) is 11.9. The summed E-state index contributed by atoms with van der Waals surface area (Å²) in [5.74, 6) is 1.04. The fourth-order valence-corrected chi connectivity index (χ4v) is 5.01. The number of benzene rings is 1. The monoisotopic (exact) mass is 440 g/mol. The van der Waals surface area contributed by atoms with Crippen molar-refractivity contribution in [2.75, 3.05) is 5.75 Å². The molecule has 0 spiro atoms. The van der Waals surface area contributed by atoms with Crippen LogP contribution < -0.4 is 5.32 Å². The first kappa shape index (κ1) is 19.9. The quantitative estimate of drug-likeness (QED) is 0.385. The molecule has 4 aromatic rings. The second-order valence-electron chi connectivity index (χ2n) is 6.54. The summed E-state index contributed by atoms with van der Waals surface area (Å²) < 4.78 is 0. The molecule has 0 bridgehead atoms. The molecule has 0 aliphatic rings. The van der Waals surface area contributed by atoms with E-state index in [1.807, 2.05) is 22.9 Å². The van der Waals surface area contributed by atoms with Gasteiger partial charge in [-0.25, -0.2) is 4.98 Å². The first-order valence-electron chi connectivity index (χ1n) is 9.13. The van der Waals surface area contributed by atoms with Crippen molar-refractivity contribution < 1.29 is 4.79 Å². The van der Waals surface area contributed by atoms with Gasteiger partial charge in [-0.05, 0) is 35.4 Å². The van der Waals surface area contributed by atoms with Gasteiger partial charge in [-0.2, -0.15) is 0 Å². The molecule has 0 saturated heterocycles. The molecule has 4 rings (SSSR count). The number of nitrogens with one attached hydrogen (secondary N) is 2. The number of carbonyl (C=O) groups is 1. The Labute approximate surface area is 181 Å². The van der Waals surface area contributed by atoms with Crippen LogP contribution in [0.4, 0.5) is 0 Å². The van der Waals surface area contributed by atoms with Crippen molar-refractivity contribution in [2.24, 2.45) is 0 Å². The van der Waals surface area contributed by atoms with Gasteiger partial charge in [0.05, 0.1) is 11.8 Å². The molecule has 1 aromatic carbocycles. The Hall–Kier alpha value is -2.42. The number of H-pyrrole nitrogens is 1. The van der Waals surface area contributed by atoms with Gasteiger partial charge >= 0.3 is 0 Å². The summed E-state index contributed by atoms with van der Waals surface area (Å²) in [5.41, 5.74) is 2.27. The summed E-state index contributed by atoms with van der Waals surface area (Å²) in [7, 11) is 0. The predicted octanol–water partition coefficient (Wildman–Crippen LogP) is 4.82. The van der Waals surface area contributed by atoms with E-state index in [9.17, 15) is 4.79 Å². The third-order valence-electron chi connectivity index (χ3n) is 4.31. The van der Waals surface area contributed by atoms with E-state index >= 15 is 0 Å². The van der Waals surface area contributed by atoms with Gasteiger partial charge in [-0.1, -0.05) is 53.7 Å². The highest BCUT2D eigenvalue weighted by atomic mass is 32.2. The van der Waals surface area contributed by atoms with Crippen molar-refractivity contribution in [2.45, 2.75) is 24.5 Å². The molecule has 8 heteroatoms. The highest BCUT2D eigenvalue weighted by Gasteiger charge is 2.18. The summed E-state index contributed by atoms with van der Waals surface area (Å²) in [6.45, 7) is 2.06. The van der Waals surface area contributed by atoms with Crippen LogP contribution in [0.15, 0.2) is 64.4 Å². The number of thiophene rings is 2. The Morgan fingerprint density at radius 1 is 1.14 bits per heavy atom. The maximum Gasteiger partial charge on any atom is 0.231 e. The van der Waals surface area contributed by atoms with Gasteiger partial charge in [0.25, 0.3) is 0 Å². The Morgan fingerprint density at radius 3 is 2.66 bits per heavy atom. The minimum Gasteiger partial charge on any atom is -0.344 e. The maximum absolute atomic E-state index is 12.6. The number of aryl methyl sites for hydroxylation is 1. The van der Waals surface area contributed by atoms with Gasteiger partial charge in [0.2, 0.25) is 11.1 Å². The van der Waals surface area contributed by atoms with Gasteiger partial charge in [-0.15, -0.1) is 27.8 Å². The number of aromatic amines is 1. The third kappa shape index (κ3) is 5.35. The summed E-state index contributed by atoms with van der Waals surface area (Å²) >= 11 is 4.67. The fourth-order valence-electron chi connectivity index (χ4n) is 2.87. The summed E-state index contributed by atoms with van der Waals surface area (Å²) in [6, 6.07) is 16.3. The molecule has 1 atom stereocenters. The average Bonchev–Trinajstić information content (AvgIpc) is 3.49. The number of hydrogen-bond acceptors (Lipinski definition) is 6. The van der Waals surface area contributed by atoms with E-state index < -0.39 is 0 Å². The molecular formula is C21H20N4OS3. The van der Waals surface area contributed by atoms with Crippen LogP contribution in [-0.2, 0) is 11.2 Å². The number of thioether (sulfide) groups is 1. The van der Waals surface area contributed by atoms with Crippen molar-refractivity contribution in [3.8, 4) is 0 Å². The van der Waals surface area contributed by atoms with Crippen molar-refractivity contribution in [1.82, 2.24) is 20.5 Å². The predicted molar refractivity (Wildman–Crippen MR) is 120 cm³/mol. The molecule has 2 N–H and O–H groups in total. The largest absolute Gasteiger partial charge is 0.344 e. The zero-order valence-corrected chi connectivity index (χ0v) is 18.2. The van der Waals surface area contributed by atoms with Crippen molar-refractivity contribution in [3.63, 3.8) is 0 Å². The Bertz CT molecular complexity index is 1040. The van der Waals surface area contributed by atoms with Crippen LogP contribution in [0.1, 0.15) is 32.7 Å². The topological polar surface area (TPSA) is 70.7 Å². The van der Waals surface area contributed by atoms with E-state index in [4.69, 9.17) is 0 Å². The smallest absolute Gasteiger partial charge is 0.231 e. The van der Waals surface area contributed by atoms with E-state index in [0.29, 0.717) is 5.16 Å². The maximum atomic E-state index is 12.6. The number of amides is 1. The van der Waals surface area contributed by atoms with E-state index in [-0.39, 0.29) is 17.7 Å². The first-order chi connectivity index (χ1) is 14.2. The number of aromatic nitrogens is 3. The lowest BCUT2D eigenvalue weighted by Gasteiger charge is -2.18. The average molecular weight is 441 g/mol. The molecule has 1 amide bonds. The Kier molecular flexibility index (Phi) is 6.43. The lowest BCUT2D eigenvalue weighted by atomic mass is 10.0. The minimum atomic E-state index is -0.148. The van der Waals surface area contributed by atoms with Gasteiger partial charge < -0.3 is 5.32 Å². The number of rotatable bonds is 8. The van der Waals surface area contributed by atoms with E-state index in [1.165, 1.54) is 22.2 Å². The molecule has 1 unspecified atom stereocenters. The highest BCUT2D eigenvalue weighted by molar-refractivity contribution is 7.99. The van der Waals surface area contributed by atoms with Crippen molar-refractivity contribution in [1.29, 1.82) is 0 Å². The van der Waals surface area contributed by atoms with Gasteiger partial charge in [0.15, 0.2) is 0 Å². The van der Waals surface area contributed by atoms with E-state index in [0.717, 1.165) is 22.7 Å². The molecule has 29 heavy (non-hydrogen) atoms. The van der Waals surface area contributed by atoms with Gasteiger partial charge in [-0.3, -0.25) is 9.89 Å². The second kappa shape index (κ2) is 9.39. The Morgan fingerprint density at radius 2 is 1.93 bits per heavy atom. The molecular weight excluding hydrogens is 420 g/mol. The zero-order valence-electron chi connectivity index (χ0n) is 15.8. The van der Waals surface area contributed by atoms with Crippen LogP contribution in [0, 0.1) is 6.92 Å². The molecule has 0 saturated carbocycles. The van der Waals surface area contributed by atoms with Crippen LogP contribution >= 0.6 is 34.4 Å². The molecule has 0 fully saturated rings. The standard InChI is InChI=1S/C21H20N4OS3/c1-14-6-8-15(9-7-14)20(17-5-3-11-28-17)23-19(26)13-29-21-22-18(24-25-21)12-16-4-2-10-27-16/h2-11,20H,12-13H2,1H3,(H,23,26)(H,22,24,25). The van der Waals surface area contributed by atoms with Crippen LogP contribution in [0.3, 0.4) is 0 Å². The molecule has 3 aromatic heterocycles. The lowest BCUT2D eigenvalue weighted by molar-refractivity contribution is -0.119. The van der Waals surface area contributed by atoms with Crippen LogP contribution in [0.5, 0.6) is 0 Å². The highest BCUT2D eigenvalue weighted by Crippen LogP contribution is 2.26. The molecule has 5 nitrogen and oxygen atoms in total. The number of nitrogens with zero attached hydrogens (tertiary/aromatic N) is 2. The number of carbonyl (C=O) groups excluding carboxylic acids is 1. The van der Waals surface area contributed by atoms with Gasteiger partial charge in [0.1, 0.15) is 5.82 Å². The van der Waals surface area contributed by atoms with Crippen LogP contribution in [-0.4, -0.2) is 26.8 Å². The van der Waals surface area contributed by atoms with Crippen molar-refractivity contribution >= 4 is 40.3 Å². The molecule has 0 aliphatic heterocycles. The van der Waals surface area contributed by atoms with Gasteiger partial charge in [0, 0.05) is 16.2 Å². The molecule has 148 valence electrons. The molecule has 0 radical (unpaired) electrons. The third-order valence-corrected chi connectivity index (χ3v) is 6.97. The van der Waals surface area contributed by atoms with Crippen LogP contribution in [0.2, 0.25) is 0 Å². The molecule has 3 heterocycles. The molecule has 0 aliphatic carbocycles. The van der Waals surface area contributed by atoms with E-state index in [2.05, 4.69) is 63.8 Å². The fraction of sp³-hybridized carbons (Fsp3) is 0.190. The summed E-state index contributed by atoms with van der Waals surface area (Å²) in [6.07, 6.45) is 0.727. The SMILES string of the molecule is Cc1ccc(C(NC(=O)CSc2n[nH]c(Cc3cccs3)n2)c2cccs2)cc1. The van der Waals surface area contributed by atoms with Crippen molar-refractivity contribution in [3.05, 3.63) is 86.0 Å². The number of hydrogen-bond donors (Lipinski definition) is 2. The van der Waals surface area contributed by atoms with E-state index in [1.54, 1.807) is 22.7 Å². The Balaban J connectivity index is 1.37. The lowest BCUT2D eigenvalue weighted by Crippen LogP contribution is -2.30. The van der Waals surface area contributed by atoms with Crippen LogP contribution in [0.25, 0.3) is 0 Å². The summed E-state index contributed by atoms with van der Waals surface area (Å²) in [4.78, 5) is 19.5. The normalized spacial score (nSPS) is 12.0. The summed E-state index contributed by atoms with van der Waals surface area (Å²) in [5, 5.41) is 15.0. The minimum absolute atomic E-state index is 0.0430. The second-order valence-corrected chi connectivity index (χ2v) is 9.49. The zero-order chi connectivity index (χ0) is 20.1.